The summed E-state index contributed by atoms with van der Waals surface area (Å²) in [7, 11) is 1.93. The van der Waals surface area contributed by atoms with Crippen molar-refractivity contribution < 1.29 is 0 Å². The van der Waals surface area contributed by atoms with Crippen LogP contribution >= 0.6 is 11.9 Å². The highest BCUT2D eigenvalue weighted by Gasteiger charge is 1.95. The largest absolute Gasteiger partial charge is 0.316 e. The van der Waals surface area contributed by atoms with Gasteiger partial charge in [0, 0.05) is 24.1 Å². The first-order chi connectivity index (χ1) is 5.36. The molecule has 0 aliphatic rings. The van der Waals surface area contributed by atoms with Gasteiger partial charge in [-0.2, -0.15) is 5.10 Å². The molecule has 1 N–H and O–H groups in total. The highest BCUT2D eigenvalue weighted by atomic mass is 32.2. The molecule has 11 heavy (non-hydrogen) atoms. The zero-order valence-electron chi connectivity index (χ0n) is 6.87. The number of rotatable bonds is 4. The molecule has 1 aromatic rings. The fourth-order valence-electron chi connectivity index (χ4n) is 0.838. The number of hydrogen-bond acceptors (Lipinski definition) is 3. The summed E-state index contributed by atoms with van der Waals surface area (Å²) < 4.78 is 1.90. The molecule has 1 aromatic heterocycles. The van der Waals surface area contributed by atoms with Crippen LogP contribution in [0.15, 0.2) is 12.4 Å². The van der Waals surface area contributed by atoms with Gasteiger partial charge in [-0.15, -0.1) is 0 Å². The van der Waals surface area contributed by atoms with Crippen LogP contribution in [0.3, 0.4) is 0 Å². The van der Waals surface area contributed by atoms with Crippen LogP contribution < -0.4 is 5.32 Å². The van der Waals surface area contributed by atoms with E-state index in [9.17, 15) is 0 Å². The Morgan fingerprint density at radius 3 is 3.18 bits per heavy atom. The van der Waals surface area contributed by atoms with Gasteiger partial charge in [0.05, 0.1) is 6.20 Å². The Morgan fingerprint density at radius 1 is 1.73 bits per heavy atom. The molecule has 62 valence electrons. The van der Waals surface area contributed by atoms with Crippen molar-refractivity contribution in [3.8, 4) is 0 Å². The molecule has 0 saturated carbocycles. The molecule has 3 nitrogen and oxygen atoms in total. The smallest absolute Gasteiger partial charge is 0.0545 e. The molecular weight excluding hydrogens is 158 g/mol. The summed E-state index contributed by atoms with van der Waals surface area (Å²) in [5.41, 5.74) is 1.23. The first-order valence-electron chi connectivity index (χ1n) is 3.68. The zero-order valence-corrected chi connectivity index (χ0v) is 7.69. The van der Waals surface area contributed by atoms with E-state index in [-0.39, 0.29) is 0 Å². The van der Waals surface area contributed by atoms with Crippen LogP contribution in [-0.2, 0) is 6.54 Å². The predicted molar refractivity (Wildman–Crippen MR) is 48.5 cm³/mol. The second-order valence-corrected chi connectivity index (χ2v) is 3.41. The van der Waals surface area contributed by atoms with Gasteiger partial charge >= 0.3 is 0 Å². The molecule has 0 aliphatic carbocycles. The van der Waals surface area contributed by atoms with Gasteiger partial charge < -0.3 is 5.32 Å². The van der Waals surface area contributed by atoms with Crippen LogP contribution in [-0.4, -0.2) is 22.0 Å². The van der Waals surface area contributed by atoms with E-state index in [0.29, 0.717) is 0 Å². The third-order valence-electron chi connectivity index (χ3n) is 1.26. The van der Waals surface area contributed by atoms with Crippen LogP contribution in [0.2, 0.25) is 0 Å². The molecule has 0 aliphatic heterocycles. The first kappa shape index (κ1) is 8.62. The van der Waals surface area contributed by atoms with Gasteiger partial charge in [0.1, 0.15) is 0 Å². The molecule has 0 unspecified atom stereocenters. The third-order valence-corrected chi connectivity index (χ3v) is 1.98. The SMILES string of the molecule is CCSn1cc(CNC)cn1. The minimum Gasteiger partial charge on any atom is -0.316 e. The molecule has 0 saturated heterocycles. The Labute approximate surface area is 71.3 Å². The van der Waals surface area contributed by atoms with Gasteiger partial charge in [-0.25, -0.2) is 4.09 Å². The average molecular weight is 171 g/mol. The maximum absolute atomic E-state index is 4.16. The van der Waals surface area contributed by atoms with Crippen LogP contribution in [0, 0.1) is 0 Å². The van der Waals surface area contributed by atoms with E-state index in [1.807, 2.05) is 23.5 Å². The molecular formula is C7H13N3S. The van der Waals surface area contributed by atoms with Gasteiger partial charge in [0.15, 0.2) is 0 Å². The lowest BCUT2D eigenvalue weighted by molar-refractivity contribution is 0.818. The van der Waals surface area contributed by atoms with E-state index in [4.69, 9.17) is 0 Å². The van der Waals surface area contributed by atoms with E-state index in [1.165, 1.54) is 5.56 Å². The number of hydrogen-bond donors (Lipinski definition) is 1. The molecule has 0 amide bonds. The summed E-state index contributed by atoms with van der Waals surface area (Å²) in [5.74, 6) is 1.06. The Balaban J connectivity index is 2.51. The minimum atomic E-state index is 0.893. The van der Waals surface area contributed by atoms with E-state index in [0.717, 1.165) is 12.3 Å². The van der Waals surface area contributed by atoms with Crippen LogP contribution in [0.1, 0.15) is 12.5 Å². The molecule has 0 spiro atoms. The standard InChI is InChI=1S/C7H13N3S/c1-3-11-10-6-7(4-8-2)5-9-10/h5-6,8H,3-4H2,1-2H3. The fraction of sp³-hybridized carbons (Fsp3) is 0.571. The van der Waals surface area contributed by atoms with Gasteiger partial charge in [0.2, 0.25) is 0 Å². The quantitative estimate of drug-likeness (QED) is 0.736. The molecule has 1 heterocycles. The summed E-state index contributed by atoms with van der Waals surface area (Å²) in [6.07, 6.45) is 3.93. The first-order valence-corrected chi connectivity index (χ1v) is 4.62. The van der Waals surface area contributed by atoms with Gasteiger partial charge in [-0.3, -0.25) is 0 Å². The van der Waals surface area contributed by atoms with Crippen molar-refractivity contribution in [3.05, 3.63) is 18.0 Å². The van der Waals surface area contributed by atoms with Gasteiger partial charge in [-0.1, -0.05) is 6.92 Å². The predicted octanol–water partition coefficient (Wildman–Crippen LogP) is 1.12. The van der Waals surface area contributed by atoms with E-state index in [1.54, 1.807) is 11.9 Å². The normalized spacial score (nSPS) is 10.4. The Kier molecular flexibility index (Phi) is 3.45. The van der Waals surface area contributed by atoms with Crippen molar-refractivity contribution in [1.82, 2.24) is 14.5 Å². The van der Waals surface area contributed by atoms with Gasteiger partial charge in [-0.05, 0) is 19.0 Å². The monoisotopic (exact) mass is 171 g/mol. The van der Waals surface area contributed by atoms with Crippen molar-refractivity contribution in [1.29, 1.82) is 0 Å². The number of nitrogens with one attached hydrogen (secondary N) is 1. The van der Waals surface area contributed by atoms with E-state index < -0.39 is 0 Å². The molecule has 0 aromatic carbocycles. The third kappa shape index (κ3) is 2.55. The fourth-order valence-corrected chi connectivity index (χ4v) is 1.43. The Morgan fingerprint density at radius 2 is 2.55 bits per heavy atom. The maximum atomic E-state index is 4.16. The lowest BCUT2D eigenvalue weighted by Crippen LogP contribution is -2.03. The number of nitrogens with zero attached hydrogens (tertiary/aromatic N) is 2. The summed E-state index contributed by atoms with van der Waals surface area (Å²) in [6.45, 7) is 3.01. The van der Waals surface area contributed by atoms with Crippen molar-refractivity contribution in [2.24, 2.45) is 0 Å². The Bertz CT molecular complexity index is 189. The van der Waals surface area contributed by atoms with Crippen LogP contribution in [0.25, 0.3) is 0 Å². The summed E-state index contributed by atoms with van der Waals surface area (Å²) in [6, 6.07) is 0. The van der Waals surface area contributed by atoms with Crippen LogP contribution in [0.4, 0.5) is 0 Å². The summed E-state index contributed by atoms with van der Waals surface area (Å²) >= 11 is 1.70. The molecule has 0 bridgehead atoms. The van der Waals surface area contributed by atoms with Crippen molar-refractivity contribution in [2.45, 2.75) is 13.5 Å². The molecule has 0 fully saturated rings. The highest BCUT2D eigenvalue weighted by molar-refractivity contribution is 7.97. The maximum Gasteiger partial charge on any atom is 0.0545 e. The second kappa shape index (κ2) is 4.41. The molecule has 1 rings (SSSR count). The lowest BCUT2D eigenvalue weighted by Gasteiger charge is -1.94. The molecule has 4 heteroatoms. The van der Waals surface area contributed by atoms with Gasteiger partial charge in [0.25, 0.3) is 0 Å². The van der Waals surface area contributed by atoms with Crippen molar-refractivity contribution in [3.63, 3.8) is 0 Å². The Hall–Kier alpha value is -0.480. The molecule has 0 atom stereocenters. The van der Waals surface area contributed by atoms with Crippen molar-refractivity contribution >= 4 is 11.9 Å². The van der Waals surface area contributed by atoms with E-state index in [2.05, 4.69) is 17.3 Å². The zero-order chi connectivity index (χ0) is 8.10. The van der Waals surface area contributed by atoms with Crippen molar-refractivity contribution in [2.75, 3.05) is 12.8 Å². The number of aromatic nitrogens is 2. The second-order valence-electron chi connectivity index (χ2n) is 2.20. The summed E-state index contributed by atoms with van der Waals surface area (Å²) in [4.78, 5) is 0. The minimum absolute atomic E-state index is 0.893. The summed E-state index contributed by atoms with van der Waals surface area (Å²) in [5, 5.41) is 7.24. The van der Waals surface area contributed by atoms with Crippen LogP contribution in [0.5, 0.6) is 0 Å². The lowest BCUT2D eigenvalue weighted by atomic mass is 10.4. The molecule has 0 radical (unpaired) electrons. The van der Waals surface area contributed by atoms with E-state index >= 15 is 0 Å². The highest BCUT2D eigenvalue weighted by Crippen LogP contribution is 2.05. The average Bonchev–Trinajstić information content (AvgIpc) is 2.38. The topological polar surface area (TPSA) is 29.9 Å².